The second kappa shape index (κ2) is 4.50. The zero-order valence-corrected chi connectivity index (χ0v) is 8.60. The normalized spacial score (nSPS) is 12.3. The maximum Gasteiger partial charge on any atom is 0.200 e. The fraction of sp³-hybridized carbons (Fsp3) is 0.182. The van der Waals surface area contributed by atoms with Crippen molar-refractivity contribution in [1.29, 1.82) is 0 Å². The third kappa shape index (κ3) is 2.28. The summed E-state index contributed by atoms with van der Waals surface area (Å²) < 4.78 is 0. The molecule has 0 atom stereocenters. The van der Waals surface area contributed by atoms with Crippen molar-refractivity contribution < 1.29 is 15.3 Å². The molecule has 4 nitrogen and oxygen atoms in total. The fourth-order valence-corrected chi connectivity index (χ4v) is 1.21. The molecule has 0 aromatic heterocycles. The Morgan fingerprint density at radius 1 is 1.13 bits per heavy atom. The van der Waals surface area contributed by atoms with E-state index in [2.05, 4.69) is 4.99 Å². The van der Waals surface area contributed by atoms with Gasteiger partial charge in [-0.05, 0) is 26.0 Å². The zero-order chi connectivity index (χ0) is 11.4. The molecule has 1 aromatic rings. The van der Waals surface area contributed by atoms with Crippen LogP contribution in [0.2, 0.25) is 0 Å². The minimum absolute atomic E-state index is 0.365. The number of allylic oxidation sites excluding steroid dienone is 1. The maximum absolute atomic E-state index is 9.30. The van der Waals surface area contributed by atoms with Crippen LogP contribution in [0.4, 0.5) is 0 Å². The van der Waals surface area contributed by atoms with Crippen LogP contribution in [0.5, 0.6) is 17.2 Å². The van der Waals surface area contributed by atoms with Crippen molar-refractivity contribution in [3.8, 4) is 17.2 Å². The molecular formula is C11H13NO3. The predicted molar refractivity (Wildman–Crippen MR) is 59.3 cm³/mol. The van der Waals surface area contributed by atoms with Gasteiger partial charge in [-0.15, -0.1) is 0 Å². The first-order valence-electron chi connectivity index (χ1n) is 4.50. The molecule has 0 saturated carbocycles. The highest BCUT2D eigenvalue weighted by molar-refractivity contribution is 5.75. The standard InChI is InChI=1S/C11H13NO3/c1-3-8(12-4-2)7-5-9(13)11(15)10(14)6-7/h3-6,13-15H,1-2H3. The van der Waals surface area contributed by atoms with Crippen LogP contribution in [-0.2, 0) is 0 Å². The summed E-state index contributed by atoms with van der Waals surface area (Å²) in [7, 11) is 0. The summed E-state index contributed by atoms with van der Waals surface area (Å²) in [5.41, 5.74) is 1.16. The van der Waals surface area contributed by atoms with E-state index in [1.165, 1.54) is 12.1 Å². The molecule has 3 N–H and O–H groups in total. The predicted octanol–water partition coefficient (Wildman–Crippen LogP) is 2.25. The molecule has 1 rings (SSSR count). The molecule has 0 saturated heterocycles. The second-order valence-corrected chi connectivity index (χ2v) is 2.92. The lowest BCUT2D eigenvalue weighted by molar-refractivity contribution is 0.367. The van der Waals surface area contributed by atoms with E-state index in [1.54, 1.807) is 26.1 Å². The number of nitrogens with zero attached hydrogens (tertiary/aromatic N) is 1. The van der Waals surface area contributed by atoms with Gasteiger partial charge in [0.15, 0.2) is 17.2 Å². The number of phenolic OH excluding ortho intramolecular Hbond substituents is 3. The van der Waals surface area contributed by atoms with Crippen molar-refractivity contribution in [1.82, 2.24) is 0 Å². The lowest BCUT2D eigenvalue weighted by Gasteiger charge is -2.05. The molecule has 0 unspecified atom stereocenters. The highest BCUT2D eigenvalue weighted by Crippen LogP contribution is 2.37. The third-order valence-corrected chi connectivity index (χ3v) is 1.91. The number of rotatable bonds is 2. The molecule has 0 aliphatic carbocycles. The van der Waals surface area contributed by atoms with Crippen molar-refractivity contribution in [2.75, 3.05) is 0 Å². The zero-order valence-electron chi connectivity index (χ0n) is 8.60. The minimum atomic E-state index is -0.519. The van der Waals surface area contributed by atoms with Crippen LogP contribution >= 0.6 is 0 Å². The molecule has 0 bridgehead atoms. The lowest BCUT2D eigenvalue weighted by Crippen LogP contribution is -1.82. The smallest absolute Gasteiger partial charge is 0.200 e. The van der Waals surface area contributed by atoms with E-state index in [-0.39, 0.29) is 11.5 Å². The summed E-state index contributed by atoms with van der Waals surface area (Å²) in [5.74, 6) is -1.25. The molecule has 0 aliphatic rings. The molecule has 15 heavy (non-hydrogen) atoms. The Bertz CT molecular complexity index is 399. The van der Waals surface area contributed by atoms with Crippen LogP contribution < -0.4 is 0 Å². The Morgan fingerprint density at radius 3 is 2.07 bits per heavy atom. The van der Waals surface area contributed by atoms with E-state index < -0.39 is 5.75 Å². The Balaban J connectivity index is 3.27. The van der Waals surface area contributed by atoms with Crippen molar-refractivity contribution in [2.24, 2.45) is 4.99 Å². The molecule has 0 radical (unpaired) electrons. The first kappa shape index (κ1) is 11.1. The van der Waals surface area contributed by atoms with Crippen LogP contribution in [0.25, 0.3) is 5.70 Å². The van der Waals surface area contributed by atoms with Crippen molar-refractivity contribution in [2.45, 2.75) is 13.8 Å². The largest absolute Gasteiger partial charge is 0.504 e. The van der Waals surface area contributed by atoms with E-state index in [0.717, 1.165) is 0 Å². The van der Waals surface area contributed by atoms with Gasteiger partial charge >= 0.3 is 0 Å². The molecule has 0 heterocycles. The van der Waals surface area contributed by atoms with E-state index >= 15 is 0 Å². The number of aliphatic imine (C=N–C) groups is 1. The Hall–Kier alpha value is -1.97. The van der Waals surface area contributed by atoms with Crippen LogP contribution in [-0.4, -0.2) is 21.5 Å². The first-order valence-corrected chi connectivity index (χ1v) is 4.50. The molecule has 0 amide bonds. The number of phenols is 3. The van der Waals surface area contributed by atoms with Gasteiger partial charge in [0, 0.05) is 11.8 Å². The summed E-state index contributed by atoms with van der Waals surface area (Å²) in [6.07, 6.45) is 3.35. The van der Waals surface area contributed by atoms with Gasteiger partial charge in [0.2, 0.25) is 0 Å². The van der Waals surface area contributed by atoms with Crippen LogP contribution in [0.1, 0.15) is 19.4 Å². The first-order chi connectivity index (χ1) is 7.10. The van der Waals surface area contributed by atoms with Gasteiger partial charge in [-0.2, -0.15) is 0 Å². The number of hydrogen-bond acceptors (Lipinski definition) is 4. The van der Waals surface area contributed by atoms with Crippen LogP contribution in [0.3, 0.4) is 0 Å². The average Bonchev–Trinajstić information content (AvgIpc) is 2.22. The van der Waals surface area contributed by atoms with E-state index in [1.807, 2.05) is 0 Å². The Kier molecular flexibility index (Phi) is 3.33. The fourth-order valence-electron chi connectivity index (χ4n) is 1.21. The van der Waals surface area contributed by atoms with E-state index in [0.29, 0.717) is 11.3 Å². The van der Waals surface area contributed by atoms with Crippen molar-refractivity contribution in [3.05, 3.63) is 23.8 Å². The molecule has 0 fully saturated rings. The number of benzene rings is 1. The Labute approximate surface area is 87.8 Å². The topological polar surface area (TPSA) is 73.1 Å². The third-order valence-electron chi connectivity index (χ3n) is 1.91. The summed E-state index contributed by atoms with van der Waals surface area (Å²) in [6.45, 7) is 3.56. The summed E-state index contributed by atoms with van der Waals surface area (Å²) in [6, 6.07) is 2.69. The molecular weight excluding hydrogens is 194 g/mol. The molecule has 4 heteroatoms. The average molecular weight is 207 g/mol. The number of aromatic hydroxyl groups is 3. The highest BCUT2D eigenvalue weighted by atomic mass is 16.3. The molecule has 0 aliphatic heterocycles. The second-order valence-electron chi connectivity index (χ2n) is 2.92. The molecule has 0 spiro atoms. The summed E-state index contributed by atoms with van der Waals surface area (Å²) in [5, 5.41) is 27.8. The summed E-state index contributed by atoms with van der Waals surface area (Å²) >= 11 is 0. The quantitative estimate of drug-likeness (QED) is 0.514. The van der Waals surface area contributed by atoms with Crippen molar-refractivity contribution in [3.63, 3.8) is 0 Å². The lowest BCUT2D eigenvalue weighted by atomic mass is 10.1. The molecule has 1 aromatic carbocycles. The van der Waals surface area contributed by atoms with Crippen LogP contribution in [0.15, 0.2) is 23.2 Å². The van der Waals surface area contributed by atoms with Crippen LogP contribution in [0, 0.1) is 0 Å². The van der Waals surface area contributed by atoms with E-state index in [4.69, 9.17) is 5.11 Å². The maximum atomic E-state index is 9.30. The monoisotopic (exact) mass is 207 g/mol. The van der Waals surface area contributed by atoms with Gasteiger partial charge in [0.1, 0.15) is 0 Å². The summed E-state index contributed by atoms with van der Waals surface area (Å²) in [4.78, 5) is 4.06. The van der Waals surface area contributed by atoms with E-state index in [9.17, 15) is 10.2 Å². The van der Waals surface area contributed by atoms with Crippen molar-refractivity contribution >= 4 is 11.9 Å². The van der Waals surface area contributed by atoms with Gasteiger partial charge in [-0.25, -0.2) is 0 Å². The number of hydrogen-bond donors (Lipinski definition) is 3. The van der Waals surface area contributed by atoms with Gasteiger partial charge in [0.25, 0.3) is 0 Å². The van der Waals surface area contributed by atoms with Gasteiger partial charge < -0.3 is 15.3 Å². The Morgan fingerprint density at radius 2 is 1.67 bits per heavy atom. The van der Waals surface area contributed by atoms with Gasteiger partial charge in [0.05, 0.1) is 5.70 Å². The molecule has 80 valence electrons. The van der Waals surface area contributed by atoms with Gasteiger partial charge in [-0.3, -0.25) is 4.99 Å². The van der Waals surface area contributed by atoms with Gasteiger partial charge in [-0.1, -0.05) is 6.08 Å². The SMILES string of the molecule is CC=NC(=CC)c1cc(O)c(O)c(O)c1. The minimum Gasteiger partial charge on any atom is -0.504 e. The highest BCUT2D eigenvalue weighted by Gasteiger charge is 2.09.